The smallest absolute Gasteiger partial charge is 0.231 e. The van der Waals surface area contributed by atoms with Crippen LogP contribution in [0, 0.1) is 5.92 Å². The van der Waals surface area contributed by atoms with E-state index in [-0.39, 0.29) is 24.3 Å². The van der Waals surface area contributed by atoms with Gasteiger partial charge in [-0.3, -0.25) is 19.5 Å². The Bertz CT molecular complexity index is 614. The molecule has 7 heteroatoms. The Morgan fingerprint density at radius 2 is 2.08 bits per heavy atom. The van der Waals surface area contributed by atoms with Crippen LogP contribution in [-0.4, -0.2) is 64.4 Å². The third-order valence-corrected chi connectivity index (χ3v) is 5.34. The van der Waals surface area contributed by atoms with E-state index in [2.05, 4.69) is 4.98 Å². The fourth-order valence-electron chi connectivity index (χ4n) is 3.90. The van der Waals surface area contributed by atoms with Crippen molar-refractivity contribution in [2.75, 3.05) is 32.7 Å². The molecule has 0 aromatic carbocycles. The molecule has 2 aliphatic heterocycles. The zero-order valence-corrected chi connectivity index (χ0v) is 14.4. The second-order valence-electron chi connectivity index (χ2n) is 7.14. The molecule has 1 aromatic heterocycles. The van der Waals surface area contributed by atoms with Gasteiger partial charge in [0.05, 0.1) is 18.1 Å². The molecule has 1 atom stereocenters. The Morgan fingerprint density at radius 1 is 1.32 bits per heavy atom. The number of nitrogens with zero attached hydrogens (tertiary/aromatic N) is 3. The summed E-state index contributed by atoms with van der Waals surface area (Å²) < 4.78 is 0. The number of primary amides is 1. The number of rotatable bonds is 4. The Hall–Kier alpha value is -1.99. The number of piperidine rings is 2. The van der Waals surface area contributed by atoms with Crippen LogP contribution in [0.3, 0.4) is 0 Å². The summed E-state index contributed by atoms with van der Waals surface area (Å²) >= 11 is 0. The number of aromatic nitrogens is 1. The molecule has 7 nitrogen and oxygen atoms in total. The number of nitrogens with two attached hydrogens (primary N) is 1. The third kappa shape index (κ3) is 4.16. The molecule has 3 heterocycles. The summed E-state index contributed by atoms with van der Waals surface area (Å²) in [5.41, 5.74) is 5.17. The number of hydrogen-bond acceptors (Lipinski definition) is 5. The van der Waals surface area contributed by atoms with Crippen molar-refractivity contribution in [3.63, 3.8) is 0 Å². The molecule has 0 radical (unpaired) electrons. The van der Waals surface area contributed by atoms with Crippen molar-refractivity contribution in [1.82, 2.24) is 14.8 Å². The summed E-state index contributed by atoms with van der Waals surface area (Å²) in [7, 11) is 0. The minimum atomic E-state index is -0.907. The topological polar surface area (TPSA) is 99.8 Å². The second kappa shape index (κ2) is 7.49. The summed E-state index contributed by atoms with van der Waals surface area (Å²) in [4.78, 5) is 31.8. The predicted molar refractivity (Wildman–Crippen MR) is 92.3 cm³/mol. The lowest BCUT2D eigenvalue weighted by Crippen LogP contribution is -2.50. The summed E-state index contributed by atoms with van der Waals surface area (Å²) in [6, 6.07) is 3.70. The second-order valence-corrected chi connectivity index (χ2v) is 7.14. The van der Waals surface area contributed by atoms with Gasteiger partial charge in [-0.1, -0.05) is 6.07 Å². The zero-order chi connectivity index (χ0) is 17.9. The molecule has 1 aromatic rings. The molecule has 2 amide bonds. The zero-order valence-electron chi connectivity index (χ0n) is 14.4. The minimum Gasteiger partial charge on any atom is -0.385 e. The highest BCUT2D eigenvalue weighted by Gasteiger charge is 2.38. The van der Waals surface area contributed by atoms with E-state index in [0.717, 1.165) is 24.9 Å². The summed E-state index contributed by atoms with van der Waals surface area (Å²) in [6.45, 7) is 2.69. The van der Waals surface area contributed by atoms with Crippen molar-refractivity contribution in [1.29, 1.82) is 0 Å². The highest BCUT2D eigenvalue weighted by atomic mass is 16.3. The molecule has 0 unspecified atom stereocenters. The van der Waals surface area contributed by atoms with Gasteiger partial charge in [-0.2, -0.15) is 0 Å². The fraction of sp³-hybridized carbons (Fsp3) is 0.611. The van der Waals surface area contributed by atoms with Gasteiger partial charge in [0.25, 0.3) is 0 Å². The van der Waals surface area contributed by atoms with Crippen LogP contribution in [0.15, 0.2) is 24.5 Å². The van der Waals surface area contributed by atoms with Gasteiger partial charge in [-0.15, -0.1) is 0 Å². The first-order valence-corrected chi connectivity index (χ1v) is 8.90. The van der Waals surface area contributed by atoms with Crippen LogP contribution >= 0.6 is 0 Å². The molecule has 2 fully saturated rings. The molecule has 0 saturated carbocycles. The van der Waals surface area contributed by atoms with E-state index in [1.807, 2.05) is 21.9 Å². The first kappa shape index (κ1) is 17.8. The molecule has 2 aliphatic rings. The van der Waals surface area contributed by atoms with Crippen molar-refractivity contribution < 1.29 is 14.7 Å². The number of likely N-dealkylation sites (tertiary alicyclic amines) is 2. The number of hydrogen-bond donors (Lipinski definition) is 2. The SMILES string of the molecule is NC(=O)CN1CCC[C@@H](C(=O)N2CCC(O)(c3cccnc3)CC2)C1. The van der Waals surface area contributed by atoms with E-state index in [1.165, 1.54) is 0 Å². The first-order chi connectivity index (χ1) is 12.0. The summed E-state index contributed by atoms with van der Waals surface area (Å²) in [5, 5.41) is 10.9. The minimum absolute atomic E-state index is 0.0855. The normalized spacial score (nSPS) is 24.0. The quantitative estimate of drug-likeness (QED) is 0.805. The number of carbonyl (C=O) groups is 2. The maximum absolute atomic E-state index is 12.8. The van der Waals surface area contributed by atoms with Gasteiger partial charge in [0.15, 0.2) is 0 Å². The molecule has 0 bridgehead atoms. The molecule has 0 spiro atoms. The molecular formula is C18H26N4O3. The number of amides is 2. The number of carbonyl (C=O) groups excluding carboxylic acids is 2. The van der Waals surface area contributed by atoms with Gasteiger partial charge >= 0.3 is 0 Å². The van der Waals surface area contributed by atoms with Crippen molar-refractivity contribution in [3.05, 3.63) is 30.1 Å². The molecule has 2 saturated heterocycles. The van der Waals surface area contributed by atoms with Crippen LogP contribution in [0.5, 0.6) is 0 Å². The molecule has 3 rings (SSSR count). The van der Waals surface area contributed by atoms with Crippen molar-refractivity contribution in [2.45, 2.75) is 31.3 Å². The highest BCUT2D eigenvalue weighted by Crippen LogP contribution is 2.33. The monoisotopic (exact) mass is 346 g/mol. The van der Waals surface area contributed by atoms with Crippen LogP contribution in [0.25, 0.3) is 0 Å². The van der Waals surface area contributed by atoms with E-state index in [1.54, 1.807) is 12.4 Å². The van der Waals surface area contributed by atoms with E-state index in [9.17, 15) is 14.7 Å². The fourth-order valence-corrected chi connectivity index (χ4v) is 3.90. The first-order valence-electron chi connectivity index (χ1n) is 8.90. The van der Waals surface area contributed by atoms with Crippen molar-refractivity contribution >= 4 is 11.8 Å². The summed E-state index contributed by atoms with van der Waals surface area (Å²) in [6.07, 6.45) is 6.16. The average molecular weight is 346 g/mol. The molecule has 0 aliphatic carbocycles. The highest BCUT2D eigenvalue weighted by molar-refractivity contribution is 5.80. The maximum Gasteiger partial charge on any atom is 0.231 e. The number of aliphatic hydroxyl groups is 1. The van der Waals surface area contributed by atoms with E-state index in [0.29, 0.717) is 32.5 Å². The van der Waals surface area contributed by atoms with E-state index >= 15 is 0 Å². The van der Waals surface area contributed by atoms with Gasteiger partial charge in [0, 0.05) is 37.6 Å². The average Bonchev–Trinajstić information content (AvgIpc) is 2.62. The Kier molecular flexibility index (Phi) is 5.34. The number of pyridine rings is 1. The Morgan fingerprint density at radius 3 is 2.72 bits per heavy atom. The van der Waals surface area contributed by atoms with Gasteiger partial charge < -0.3 is 15.7 Å². The van der Waals surface area contributed by atoms with Crippen LogP contribution in [0.1, 0.15) is 31.2 Å². The van der Waals surface area contributed by atoms with Gasteiger partial charge in [-0.05, 0) is 38.3 Å². The van der Waals surface area contributed by atoms with Crippen LogP contribution in [0.2, 0.25) is 0 Å². The maximum atomic E-state index is 12.8. The standard InChI is InChI=1S/C18H26N4O3/c19-16(23)13-21-8-2-3-14(12-21)17(24)22-9-5-18(25,6-10-22)15-4-1-7-20-11-15/h1,4,7,11,14,25H,2-3,5-6,8-10,12-13H2,(H2,19,23)/t14-/m1/s1. The van der Waals surface area contributed by atoms with Crippen molar-refractivity contribution in [3.8, 4) is 0 Å². The lowest BCUT2D eigenvalue weighted by Gasteiger charge is -2.41. The van der Waals surface area contributed by atoms with Gasteiger partial charge in [-0.25, -0.2) is 0 Å². The largest absolute Gasteiger partial charge is 0.385 e. The molecule has 136 valence electrons. The van der Waals surface area contributed by atoms with Gasteiger partial charge in [0.2, 0.25) is 11.8 Å². The van der Waals surface area contributed by atoms with Crippen LogP contribution < -0.4 is 5.73 Å². The van der Waals surface area contributed by atoms with Gasteiger partial charge in [0.1, 0.15) is 0 Å². The predicted octanol–water partition coefficient (Wildman–Crippen LogP) is 0.0889. The lowest BCUT2D eigenvalue weighted by molar-refractivity contribution is -0.142. The summed E-state index contributed by atoms with van der Waals surface area (Å²) in [5.74, 6) is -0.312. The Balaban J connectivity index is 1.57. The lowest BCUT2D eigenvalue weighted by atomic mass is 9.84. The van der Waals surface area contributed by atoms with E-state index < -0.39 is 5.60 Å². The Labute approximate surface area is 147 Å². The van der Waals surface area contributed by atoms with Crippen LogP contribution in [-0.2, 0) is 15.2 Å². The van der Waals surface area contributed by atoms with E-state index in [4.69, 9.17) is 5.73 Å². The van der Waals surface area contributed by atoms with Crippen LogP contribution in [0.4, 0.5) is 0 Å². The molecule has 3 N–H and O–H groups in total. The molecule has 25 heavy (non-hydrogen) atoms. The molecular weight excluding hydrogens is 320 g/mol. The van der Waals surface area contributed by atoms with Crippen molar-refractivity contribution in [2.24, 2.45) is 11.7 Å². The third-order valence-electron chi connectivity index (χ3n) is 5.34.